The summed E-state index contributed by atoms with van der Waals surface area (Å²) in [5.74, 6) is -0.548. The molecule has 0 fully saturated rings. The summed E-state index contributed by atoms with van der Waals surface area (Å²) >= 11 is 0. The summed E-state index contributed by atoms with van der Waals surface area (Å²) in [6.07, 6.45) is -0.0502. The molecule has 0 saturated carbocycles. The lowest BCUT2D eigenvalue weighted by Crippen LogP contribution is -2.43. The van der Waals surface area contributed by atoms with Crippen molar-refractivity contribution in [3.05, 3.63) is 24.3 Å². The van der Waals surface area contributed by atoms with Crippen molar-refractivity contribution in [3.63, 3.8) is 0 Å². The quantitative estimate of drug-likeness (QED) is 0.606. The number of nitrogens with one attached hydrogen (secondary N) is 2. The number of rotatable bonds is 6. The molecule has 0 aliphatic carbocycles. The molecule has 1 aromatic carbocycles. The average molecular weight is 268 g/mol. The molecule has 0 aromatic heterocycles. The second-order valence-corrected chi connectivity index (χ2v) is 3.73. The number of urea groups is 1. The third-order valence-corrected chi connectivity index (χ3v) is 2.37. The number of aliphatic carboxylic acids is 1. The summed E-state index contributed by atoms with van der Waals surface area (Å²) in [6, 6.07) is 4.81. The highest BCUT2D eigenvalue weighted by molar-refractivity contribution is 5.92. The standard InChI is InChI=1S/C12H16N2O5/c1-19-9-4-2-8(3-5-9)13-12(18)14-10(6-7-15)11(16)17/h2-5,10,15H,6-7H2,1H3,(H,16,17)(H2,13,14,18)/t10-/m0/s1. The molecule has 0 aliphatic heterocycles. The van der Waals surface area contributed by atoms with Crippen LogP contribution in [-0.4, -0.2) is 42.0 Å². The van der Waals surface area contributed by atoms with E-state index < -0.39 is 18.0 Å². The molecule has 1 rings (SSSR count). The summed E-state index contributed by atoms with van der Waals surface area (Å²) in [6.45, 7) is -0.320. The van der Waals surface area contributed by atoms with Crippen molar-refractivity contribution in [3.8, 4) is 5.75 Å². The predicted octanol–water partition coefficient (Wildman–Crippen LogP) is 0.652. The van der Waals surface area contributed by atoms with E-state index in [9.17, 15) is 9.59 Å². The summed E-state index contributed by atoms with van der Waals surface area (Å²) in [7, 11) is 1.53. The number of hydrogen-bond donors (Lipinski definition) is 4. The van der Waals surface area contributed by atoms with Crippen LogP contribution in [0.1, 0.15) is 6.42 Å². The van der Waals surface area contributed by atoms with Crippen molar-refractivity contribution in [2.24, 2.45) is 0 Å². The zero-order valence-corrected chi connectivity index (χ0v) is 10.4. The maximum absolute atomic E-state index is 11.6. The highest BCUT2D eigenvalue weighted by Gasteiger charge is 2.18. The molecule has 2 amide bonds. The molecule has 0 spiro atoms. The number of benzene rings is 1. The number of carbonyl (C=O) groups is 2. The Labute approximate surface area is 110 Å². The Hall–Kier alpha value is -2.28. The Morgan fingerprint density at radius 2 is 1.95 bits per heavy atom. The van der Waals surface area contributed by atoms with Gasteiger partial charge in [-0.3, -0.25) is 0 Å². The Bertz CT molecular complexity index is 432. The molecule has 0 unspecified atom stereocenters. The highest BCUT2D eigenvalue weighted by Crippen LogP contribution is 2.14. The average Bonchev–Trinajstić information content (AvgIpc) is 2.39. The number of ether oxygens (including phenoxy) is 1. The molecule has 4 N–H and O–H groups in total. The normalized spacial score (nSPS) is 11.5. The van der Waals surface area contributed by atoms with Crippen LogP contribution in [0.4, 0.5) is 10.5 Å². The lowest BCUT2D eigenvalue weighted by molar-refractivity contribution is -0.139. The zero-order chi connectivity index (χ0) is 14.3. The molecule has 0 aliphatic rings. The fourth-order valence-electron chi connectivity index (χ4n) is 1.39. The maximum Gasteiger partial charge on any atom is 0.326 e. The van der Waals surface area contributed by atoms with E-state index in [2.05, 4.69) is 10.6 Å². The van der Waals surface area contributed by atoms with Crippen LogP contribution >= 0.6 is 0 Å². The summed E-state index contributed by atoms with van der Waals surface area (Å²) in [5.41, 5.74) is 0.506. The first-order valence-electron chi connectivity index (χ1n) is 5.62. The molecule has 0 heterocycles. The number of hydrogen-bond acceptors (Lipinski definition) is 4. The molecule has 0 radical (unpaired) electrons. The van der Waals surface area contributed by atoms with Gasteiger partial charge < -0.3 is 25.6 Å². The number of amides is 2. The number of anilines is 1. The fraction of sp³-hybridized carbons (Fsp3) is 0.333. The summed E-state index contributed by atoms with van der Waals surface area (Å²) < 4.78 is 4.97. The van der Waals surface area contributed by atoms with Crippen LogP contribution in [0.15, 0.2) is 24.3 Å². The minimum absolute atomic E-state index is 0.0502. The van der Waals surface area contributed by atoms with Crippen molar-refractivity contribution in [2.45, 2.75) is 12.5 Å². The number of methoxy groups -OCH3 is 1. The number of aliphatic hydroxyl groups is 1. The number of carbonyl (C=O) groups excluding carboxylic acids is 1. The second kappa shape index (κ2) is 7.22. The molecule has 0 bridgehead atoms. The van der Waals surface area contributed by atoms with Gasteiger partial charge in [-0.1, -0.05) is 0 Å². The number of aliphatic hydroxyl groups excluding tert-OH is 1. The number of carboxylic acid groups (broad SMARTS) is 1. The summed E-state index contributed by atoms with van der Waals surface area (Å²) in [5, 5.41) is 22.3. The smallest absolute Gasteiger partial charge is 0.326 e. The van der Waals surface area contributed by atoms with E-state index in [0.29, 0.717) is 11.4 Å². The van der Waals surface area contributed by atoms with Gasteiger partial charge in [0.2, 0.25) is 0 Å². The second-order valence-electron chi connectivity index (χ2n) is 3.73. The van der Waals surface area contributed by atoms with Crippen LogP contribution in [0.5, 0.6) is 5.75 Å². The molecule has 104 valence electrons. The van der Waals surface area contributed by atoms with Gasteiger partial charge in [0.05, 0.1) is 7.11 Å². The van der Waals surface area contributed by atoms with Crippen molar-refractivity contribution in [1.29, 1.82) is 0 Å². The molecule has 7 nitrogen and oxygen atoms in total. The predicted molar refractivity (Wildman–Crippen MR) is 68.3 cm³/mol. The first-order chi connectivity index (χ1) is 9.06. The summed E-state index contributed by atoms with van der Waals surface area (Å²) in [4.78, 5) is 22.3. The van der Waals surface area contributed by atoms with E-state index in [1.54, 1.807) is 24.3 Å². The van der Waals surface area contributed by atoms with Crippen molar-refractivity contribution >= 4 is 17.7 Å². The Morgan fingerprint density at radius 1 is 1.32 bits per heavy atom. The third kappa shape index (κ3) is 4.84. The van der Waals surface area contributed by atoms with Gasteiger partial charge in [0.1, 0.15) is 11.8 Å². The van der Waals surface area contributed by atoms with E-state index in [1.807, 2.05) is 0 Å². The lowest BCUT2D eigenvalue weighted by Gasteiger charge is -2.14. The first-order valence-corrected chi connectivity index (χ1v) is 5.62. The Morgan fingerprint density at radius 3 is 2.42 bits per heavy atom. The third-order valence-electron chi connectivity index (χ3n) is 2.37. The van der Waals surface area contributed by atoms with Gasteiger partial charge in [-0.05, 0) is 24.3 Å². The van der Waals surface area contributed by atoms with Crippen LogP contribution in [0.25, 0.3) is 0 Å². The molecule has 7 heteroatoms. The van der Waals surface area contributed by atoms with Gasteiger partial charge >= 0.3 is 12.0 Å². The lowest BCUT2D eigenvalue weighted by atomic mass is 10.2. The van der Waals surface area contributed by atoms with Crippen molar-refractivity contribution in [2.75, 3.05) is 19.0 Å². The molecular weight excluding hydrogens is 252 g/mol. The molecule has 1 atom stereocenters. The Balaban J connectivity index is 2.55. The van der Waals surface area contributed by atoms with Gasteiger partial charge in [-0.25, -0.2) is 9.59 Å². The first kappa shape index (κ1) is 14.8. The Kier molecular flexibility index (Phi) is 5.62. The van der Waals surface area contributed by atoms with Crippen LogP contribution in [-0.2, 0) is 4.79 Å². The SMILES string of the molecule is COc1ccc(NC(=O)N[C@@H](CCO)C(=O)O)cc1. The van der Waals surface area contributed by atoms with Crippen molar-refractivity contribution in [1.82, 2.24) is 5.32 Å². The van der Waals surface area contributed by atoms with E-state index in [4.69, 9.17) is 14.9 Å². The fourth-order valence-corrected chi connectivity index (χ4v) is 1.39. The molecule has 1 aromatic rings. The maximum atomic E-state index is 11.6. The van der Waals surface area contributed by atoms with E-state index >= 15 is 0 Å². The van der Waals surface area contributed by atoms with E-state index in [0.717, 1.165) is 0 Å². The van der Waals surface area contributed by atoms with Crippen molar-refractivity contribution < 1.29 is 24.5 Å². The van der Waals surface area contributed by atoms with Gasteiger partial charge in [-0.15, -0.1) is 0 Å². The number of carboxylic acids is 1. The van der Waals surface area contributed by atoms with Gasteiger partial charge in [0.25, 0.3) is 0 Å². The van der Waals surface area contributed by atoms with Crippen LogP contribution in [0.3, 0.4) is 0 Å². The minimum atomic E-state index is -1.20. The van der Waals surface area contributed by atoms with Gasteiger partial charge in [0.15, 0.2) is 0 Å². The largest absolute Gasteiger partial charge is 0.497 e. The van der Waals surface area contributed by atoms with E-state index in [1.165, 1.54) is 7.11 Å². The molecule has 19 heavy (non-hydrogen) atoms. The van der Waals surface area contributed by atoms with Gasteiger partial charge in [0, 0.05) is 18.7 Å². The monoisotopic (exact) mass is 268 g/mol. The zero-order valence-electron chi connectivity index (χ0n) is 10.4. The van der Waals surface area contributed by atoms with E-state index in [-0.39, 0.29) is 13.0 Å². The van der Waals surface area contributed by atoms with Crippen LogP contribution < -0.4 is 15.4 Å². The minimum Gasteiger partial charge on any atom is -0.497 e. The highest BCUT2D eigenvalue weighted by atomic mass is 16.5. The molecule has 0 saturated heterocycles. The molecular formula is C12H16N2O5. The van der Waals surface area contributed by atoms with Gasteiger partial charge in [-0.2, -0.15) is 0 Å². The topological polar surface area (TPSA) is 108 Å². The van der Waals surface area contributed by atoms with Crippen LogP contribution in [0.2, 0.25) is 0 Å². The van der Waals surface area contributed by atoms with Crippen LogP contribution in [0, 0.1) is 0 Å².